The van der Waals surface area contributed by atoms with Crippen LogP contribution in [0, 0.1) is 0 Å². The molecule has 0 unspecified atom stereocenters. The molecule has 2 heterocycles. The Balaban J connectivity index is 2.03. The molecule has 23 heavy (non-hydrogen) atoms. The predicted octanol–water partition coefficient (Wildman–Crippen LogP) is 2.45. The van der Waals surface area contributed by atoms with Gasteiger partial charge >= 0.3 is 6.18 Å². The molecule has 1 aliphatic heterocycles. The van der Waals surface area contributed by atoms with Crippen molar-refractivity contribution in [3.8, 4) is 0 Å². The minimum Gasteiger partial charge on any atom is -0.379 e. The molecular weight excluding hydrogens is 335 g/mol. The number of piperidine rings is 1. The number of rotatable bonds is 3. The number of halogens is 4. The average Bonchev–Trinajstić information content (AvgIpc) is 2.47. The molecule has 0 aliphatic carbocycles. The van der Waals surface area contributed by atoms with Crippen molar-refractivity contribution in [3.63, 3.8) is 0 Å². The van der Waals surface area contributed by atoms with Crippen LogP contribution in [0.25, 0.3) is 0 Å². The molecule has 2 atom stereocenters. The summed E-state index contributed by atoms with van der Waals surface area (Å²) in [6.07, 6.45) is -3.57. The first-order chi connectivity index (χ1) is 10.6. The number of aliphatic hydroxyl groups is 1. The minimum atomic E-state index is -4.72. The van der Waals surface area contributed by atoms with Gasteiger partial charge in [-0.25, -0.2) is 4.98 Å². The highest BCUT2D eigenvalue weighted by atomic mass is 35.5. The SMILES string of the molecule is C[C@@H](C(=O)Nc1ccc(Cl)cn1)N1CCC[C@](O)(C(F)(F)F)C1. The molecule has 0 spiro atoms. The summed E-state index contributed by atoms with van der Waals surface area (Å²) in [5, 5.41) is 12.7. The zero-order valence-electron chi connectivity index (χ0n) is 12.4. The molecule has 1 fully saturated rings. The van der Waals surface area contributed by atoms with Crippen LogP contribution in [0.15, 0.2) is 18.3 Å². The Morgan fingerprint density at radius 3 is 2.78 bits per heavy atom. The molecule has 0 saturated carbocycles. The summed E-state index contributed by atoms with van der Waals surface area (Å²) in [5.41, 5.74) is -2.78. The van der Waals surface area contributed by atoms with Crippen LogP contribution in [0.2, 0.25) is 5.02 Å². The summed E-state index contributed by atoms with van der Waals surface area (Å²) in [6.45, 7) is 1.17. The Morgan fingerprint density at radius 1 is 1.52 bits per heavy atom. The Morgan fingerprint density at radius 2 is 2.22 bits per heavy atom. The van der Waals surface area contributed by atoms with E-state index in [1.807, 2.05) is 0 Å². The van der Waals surface area contributed by atoms with E-state index in [1.54, 1.807) is 0 Å². The number of amides is 1. The van der Waals surface area contributed by atoms with Gasteiger partial charge in [0.25, 0.3) is 0 Å². The molecule has 128 valence electrons. The fourth-order valence-electron chi connectivity index (χ4n) is 2.48. The number of aromatic nitrogens is 1. The lowest BCUT2D eigenvalue weighted by atomic mass is 9.91. The molecule has 1 aliphatic rings. The zero-order chi connectivity index (χ0) is 17.3. The molecule has 0 radical (unpaired) electrons. The fourth-order valence-corrected chi connectivity index (χ4v) is 2.59. The van der Waals surface area contributed by atoms with Crippen molar-refractivity contribution in [2.75, 3.05) is 18.4 Å². The number of alkyl halides is 3. The standard InChI is InChI=1S/C14H17ClF3N3O2/c1-9(12(22)20-11-4-3-10(15)7-19-11)21-6-2-5-13(23,8-21)14(16,17)18/h3-4,7,9,23H,2,5-6,8H2,1H3,(H,19,20,22)/t9-,13+/m0/s1. The maximum atomic E-state index is 12.9. The summed E-state index contributed by atoms with van der Waals surface area (Å²) >= 11 is 5.69. The molecule has 2 N–H and O–H groups in total. The van der Waals surface area contributed by atoms with Gasteiger partial charge in [-0.1, -0.05) is 11.6 Å². The number of likely N-dealkylation sites (tertiary alicyclic amines) is 1. The number of anilines is 1. The average molecular weight is 352 g/mol. The number of carbonyl (C=O) groups excluding carboxylic acids is 1. The van der Waals surface area contributed by atoms with Crippen molar-refractivity contribution in [2.45, 2.75) is 37.6 Å². The second-order valence-corrected chi connectivity index (χ2v) is 6.07. The largest absolute Gasteiger partial charge is 0.418 e. The number of carbonyl (C=O) groups is 1. The summed E-state index contributed by atoms with van der Waals surface area (Å²) in [4.78, 5) is 17.4. The molecule has 2 rings (SSSR count). The van der Waals surface area contributed by atoms with E-state index in [9.17, 15) is 23.1 Å². The molecule has 1 saturated heterocycles. The zero-order valence-corrected chi connectivity index (χ0v) is 13.2. The van der Waals surface area contributed by atoms with Crippen LogP contribution in [0.4, 0.5) is 19.0 Å². The van der Waals surface area contributed by atoms with Gasteiger partial charge in [0, 0.05) is 12.7 Å². The highest BCUT2D eigenvalue weighted by molar-refractivity contribution is 6.30. The van der Waals surface area contributed by atoms with Gasteiger partial charge in [-0.05, 0) is 38.4 Å². The van der Waals surface area contributed by atoms with Crippen molar-refractivity contribution in [2.24, 2.45) is 0 Å². The number of pyridine rings is 1. The first-order valence-electron chi connectivity index (χ1n) is 7.08. The van der Waals surface area contributed by atoms with E-state index in [-0.39, 0.29) is 18.7 Å². The van der Waals surface area contributed by atoms with Crippen molar-refractivity contribution >= 4 is 23.3 Å². The van der Waals surface area contributed by atoms with Crippen LogP contribution in [-0.4, -0.2) is 51.8 Å². The Bertz CT molecular complexity index is 567. The Labute approximate surface area is 136 Å². The van der Waals surface area contributed by atoms with Crippen LogP contribution in [0.3, 0.4) is 0 Å². The smallest absolute Gasteiger partial charge is 0.379 e. The van der Waals surface area contributed by atoms with Gasteiger partial charge in [0.05, 0.1) is 11.1 Å². The van der Waals surface area contributed by atoms with Crippen LogP contribution < -0.4 is 5.32 Å². The van der Waals surface area contributed by atoms with Crippen molar-refractivity contribution in [1.29, 1.82) is 0 Å². The third-order valence-corrected chi connectivity index (χ3v) is 4.16. The van der Waals surface area contributed by atoms with Gasteiger partial charge in [0.1, 0.15) is 5.82 Å². The minimum absolute atomic E-state index is 0.160. The van der Waals surface area contributed by atoms with E-state index in [0.29, 0.717) is 11.6 Å². The first-order valence-corrected chi connectivity index (χ1v) is 7.46. The molecule has 1 aromatic heterocycles. The van der Waals surface area contributed by atoms with E-state index < -0.39 is 30.3 Å². The molecule has 9 heteroatoms. The topological polar surface area (TPSA) is 65.5 Å². The van der Waals surface area contributed by atoms with Crippen molar-refractivity contribution < 1.29 is 23.1 Å². The van der Waals surface area contributed by atoms with E-state index in [2.05, 4.69) is 10.3 Å². The van der Waals surface area contributed by atoms with Crippen molar-refractivity contribution in [1.82, 2.24) is 9.88 Å². The second kappa shape index (κ2) is 6.62. The highest BCUT2D eigenvalue weighted by Gasteiger charge is 2.55. The van der Waals surface area contributed by atoms with E-state index >= 15 is 0 Å². The monoisotopic (exact) mass is 351 g/mol. The number of β-amino-alcohol motifs (C(OH)–C–C–N with tert-alkyl or cyclic N) is 1. The highest BCUT2D eigenvalue weighted by Crippen LogP contribution is 2.37. The molecule has 1 aromatic rings. The molecule has 0 aromatic carbocycles. The van der Waals surface area contributed by atoms with Crippen molar-refractivity contribution in [3.05, 3.63) is 23.4 Å². The van der Waals surface area contributed by atoms with Crippen LogP contribution in [-0.2, 0) is 4.79 Å². The maximum absolute atomic E-state index is 12.9. The van der Waals surface area contributed by atoms with Crippen LogP contribution in [0.5, 0.6) is 0 Å². The van der Waals surface area contributed by atoms with Gasteiger partial charge in [0.2, 0.25) is 5.91 Å². The predicted molar refractivity (Wildman–Crippen MR) is 79.2 cm³/mol. The third-order valence-electron chi connectivity index (χ3n) is 3.93. The normalized spacial score (nSPS) is 24.3. The van der Waals surface area contributed by atoms with Crippen LogP contribution in [0.1, 0.15) is 19.8 Å². The lowest BCUT2D eigenvalue weighted by molar-refractivity contribution is -0.275. The van der Waals surface area contributed by atoms with E-state index in [0.717, 1.165) is 0 Å². The van der Waals surface area contributed by atoms with E-state index in [4.69, 9.17) is 11.6 Å². The number of hydrogen-bond donors (Lipinski definition) is 2. The van der Waals surface area contributed by atoms with Gasteiger partial charge in [-0.2, -0.15) is 13.2 Å². The maximum Gasteiger partial charge on any atom is 0.418 e. The molecule has 5 nitrogen and oxygen atoms in total. The molecule has 0 bridgehead atoms. The second-order valence-electron chi connectivity index (χ2n) is 5.63. The van der Waals surface area contributed by atoms with Gasteiger partial charge in [-0.3, -0.25) is 9.69 Å². The summed E-state index contributed by atoms with van der Waals surface area (Å²) in [7, 11) is 0. The van der Waals surface area contributed by atoms with E-state index in [1.165, 1.54) is 30.2 Å². The van der Waals surface area contributed by atoms with Gasteiger partial charge in [-0.15, -0.1) is 0 Å². The molecular formula is C14H17ClF3N3O2. The lowest BCUT2D eigenvalue weighted by Crippen LogP contribution is -2.60. The number of nitrogens with one attached hydrogen (secondary N) is 1. The number of hydrogen-bond acceptors (Lipinski definition) is 4. The van der Waals surface area contributed by atoms with Gasteiger partial charge in [0.15, 0.2) is 5.60 Å². The Kier molecular flexibility index (Phi) is 5.17. The molecule has 1 amide bonds. The Hall–Kier alpha value is -1.38. The quantitative estimate of drug-likeness (QED) is 0.878. The summed E-state index contributed by atoms with van der Waals surface area (Å²) < 4.78 is 38.8. The van der Waals surface area contributed by atoms with Crippen LogP contribution >= 0.6 is 11.6 Å². The summed E-state index contributed by atoms with van der Waals surface area (Å²) in [5.74, 6) is -0.236. The summed E-state index contributed by atoms with van der Waals surface area (Å²) in [6, 6.07) is 2.20. The fraction of sp³-hybridized carbons (Fsp3) is 0.571. The number of nitrogens with zero attached hydrogens (tertiary/aromatic N) is 2. The third kappa shape index (κ3) is 4.13. The first kappa shape index (κ1) is 18.0. The van der Waals surface area contributed by atoms with Gasteiger partial charge < -0.3 is 10.4 Å². The lowest BCUT2D eigenvalue weighted by Gasteiger charge is -2.42.